The molecule has 90 valence electrons. The first kappa shape index (κ1) is 13.4. The molecule has 2 nitrogen and oxygen atoms in total. The Morgan fingerprint density at radius 3 is 2.69 bits per heavy atom. The van der Waals surface area contributed by atoms with Gasteiger partial charge in [0.15, 0.2) is 0 Å². The third-order valence-electron chi connectivity index (χ3n) is 2.34. The van der Waals surface area contributed by atoms with Gasteiger partial charge in [-0.25, -0.2) is 4.39 Å². The van der Waals surface area contributed by atoms with Crippen molar-refractivity contribution < 1.29 is 4.39 Å². The van der Waals surface area contributed by atoms with Crippen molar-refractivity contribution in [2.75, 3.05) is 13.1 Å². The van der Waals surface area contributed by atoms with Crippen LogP contribution in [0.1, 0.15) is 25.5 Å². The third kappa shape index (κ3) is 3.74. The molecule has 0 radical (unpaired) electrons. The van der Waals surface area contributed by atoms with E-state index in [9.17, 15) is 4.39 Å². The molecule has 1 aromatic rings. The Morgan fingerprint density at radius 2 is 2.12 bits per heavy atom. The van der Waals surface area contributed by atoms with E-state index in [1.807, 2.05) is 0 Å². The van der Waals surface area contributed by atoms with Crippen LogP contribution in [0.25, 0.3) is 0 Å². The molecule has 0 aromatic heterocycles. The van der Waals surface area contributed by atoms with Gasteiger partial charge in [-0.1, -0.05) is 25.4 Å². The molecule has 0 fully saturated rings. The molecule has 0 bridgehead atoms. The zero-order chi connectivity index (χ0) is 12.1. The molecule has 0 heterocycles. The van der Waals surface area contributed by atoms with Gasteiger partial charge in [-0.05, 0) is 30.7 Å². The number of hydrogen-bond acceptors (Lipinski definition) is 2. The SMILES string of the molecule is CC(C)CNC(CN)c1cc(Cl)ccc1F. The van der Waals surface area contributed by atoms with Crippen LogP contribution in [0.3, 0.4) is 0 Å². The van der Waals surface area contributed by atoms with Crippen LogP contribution in [-0.4, -0.2) is 13.1 Å². The zero-order valence-corrected chi connectivity index (χ0v) is 10.4. The van der Waals surface area contributed by atoms with Crippen LogP contribution in [0.4, 0.5) is 4.39 Å². The van der Waals surface area contributed by atoms with E-state index in [-0.39, 0.29) is 11.9 Å². The summed E-state index contributed by atoms with van der Waals surface area (Å²) in [5.74, 6) is 0.229. The van der Waals surface area contributed by atoms with E-state index in [2.05, 4.69) is 19.2 Å². The molecule has 3 N–H and O–H groups in total. The van der Waals surface area contributed by atoms with Crippen molar-refractivity contribution in [3.63, 3.8) is 0 Å². The Kier molecular flexibility index (Phi) is 5.19. The number of halogens is 2. The van der Waals surface area contributed by atoms with E-state index < -0.39 is 0 Å². The highest BCUT2D eigenvalue weighted by Crippen LogP contribution is 2.21. The van der Waals surface area contributed by atoms with Gasteiger partial charge < -0.3 is 11.1 Å². The largest absolute Gasteiger partial charge is 0.329 e. The summed E-state index contributed by atoms with van der Waals surface area (Å²) in [7, 11) is 0. The van der Waals surface area contributed by atoms with Gasteiger partial charge >= 0.3 is 0 Å². The molecule has 0 aliphatic rings. The van der Waals surface area contributed by atoms with Crippen LogP contribution < -0.4 is 11.1 Å². The van der Waals surface area contributed by atoms with Crippen LogP contribution >= 0.6 is 11.6 Å². The number of nitrogens with two attached hydrogens (primary N) is 1. The van der Waals surface area contributed by atoms with Crippen molar-refractivity contribution >= 4 is 11.6 Å². The fourth-order valence-electron chi connectivity index (χ4n) is 1.48. The van der Waals surface area contributed by atoms with E-state index in [4.69, 9.17) is 17.3 Å². The molecule has 0 aliphatic heterocycles. The van der Waals surface area contributed by atoms with Crippen molar-refractivity contribution in [1.29, 1.82) is 0 Å². The first-order chi connectivity index (χ1) is 7.54. The fourth-order valence-corrected chi connectivity index (χ4v) is 1.66. The van der Waals surface area contributed by atoms with E-state index in [1.54, 1.807) is 6.07 Å². The summed E-state index contributed by atoms with van der Waals surface area (Å²) < 4.78 is 13.6. The van der Waals surface area contributed by atoms with Crippen LogP contribution in [-0.2, 0) is 0 Å². The monoisotopic (exact) mass is 244 g/mol. The van der Waals surface area contributed by atoms with Crippen molar-refractivity contribution in [3.05, 3.63) is 34.6 Å². The fraction of sp³-hybridized carbons (Fsp3) is 0.500. The summed E-state index contributed by atoms with van der Waals surface area (Å²) in [6.07, 6.45) is 0. The molecular formula is C12H18ClFN2. The van der Waals surface area contributed by atoms with Gasteiger partial charge in [-0.2, -0.15) is 0 Å². The van der Waals surface area contributed by atoms with Crippen molar-refractivity contribution in [2.24, 2.45) is 11.7 Å². The predicted octanol–water partition coefficient (Wildman–Crippen LogP) is 2.72. The molecule has 16 heavy (non-hydrogen) atoms. The standard InChI is InChI=1S/C12H18ClFN2/c1-8(2)7-16-12(6-15)10-5-9(13)3-4-11(10)14/h3-5,8,12,16H,6-7,15H2,1-2H3. The van der Waals surface area contributed by atoms with Crippen molar-refractivity contribution in [3.8, 4) is 0 Å². The Labute approximate surface area is 101 Å². The smallest absolute Gasteiger partial charge is 0.128 e. The molecule has 0 aliphatic carbocycles. The van der Waals surface area contributed by atoms with Crippen molar-refractivity contribution in [1.82, 2.24) is 5.32 Å². The molecule has 1 unspecified atom stereocenters. The van der Waals surface area contributed by atoms with Gasteiger partial charge in [-0.15, -0.1) is 0 Å². The van der Waals surface area contributed by atoms with Gasteiger partial charge in [0.1, 0.15) is 5.82 Å². The summed E-state index contributed by atoms with van der Waals surface area (Å²) in [5, 5.41) is 3.76. The Morgan fingerprint density at radius 1 is 1.44 bits per heavy atom. The van der Waals surface area contributed by atoms with E-state index in [0.717, 1.165) is 6.54 Å². The number of nitrogens with one attached hydrogen (secondary N) is 1. The van der Waals surface area contributed by atoms with Crippen LogP contribution in [0, 0.1) is 11.7 Å². The maximum atomic E-state index is 13.6. The average molecular weight is 245 g/mol. The second kappa shape index (κ2) is 6.18. The predicted molar refractivity (Wildman–Crippen MR) is 66.0 cm³/mol. The molecule has 0 spiro atoms. The highest BCUT2D eigenvalue weighted by Gasteiger charge is 2.14. The van der Waals surface area contributed by atoms with Crippen LogP contribution in [0.2, 0.25) is 5.02 Å². The summed E-state index contributed by atoms with van der Waals surface area (Å²) in [4.78, 5) is 0. The average Bonchev–Trinajstić information content (AvgIpc) is 2.23. The molecule has 1 aromatic carbocycles. The lowest BCUT2D eigenvalue weighted by Gasteiger charge is -2.19. The van der Waals surface area contributed by atoms with Crippen LogP contribution in [0.15, 0.2) is 18.2 Å². The lowest BCUT2D eigenvalue weighted by atomic mass is 10.1. The molecule has 1 atom stereocenters. The van der Waals surface area contributed by atoms with E-state index in [1.165, 1.54) is 12.1 Å². The van der Waals surface area contributed by atoms with Gasteiger partial charge in [0.25, 0.3) is 0 Å². The minimum atomic E-state index is -0.267. The summed E-state index contributed by atoms with van der Waals surface area (Å²) >= 11 is 5.85. The highest BCUT2D eigenvalue weighted by atomic mass is 35.5. The maximum absolute atomic E-state index is 13.6. The second-order valence-corrected chi connectivity index (χ2v) is 4.69. The summed E-state index contributed by atoms with van der Waals surface area (Å²) in [6.45, 7) is 5.33. The topological polar surface area (TPSA) is 38.0 Å². The van der Waals surface area contributed by atoms with Gasteiger partial charge in [-0.3, -0.25) is 0 Å². The van der Waals surface area contributed by atoms with Crippen molar-refractivity contribution in [2.45, 2.75) is 19.9 Å². The quantitative estimate of drug-likeness (QED) is 0.836. The lowest BCUT2D eigenvalue weighted by Crippen LogP contribution is -2.31. The van der Waals surface area contributed by atoms with Gasteiger partial charge in [0, 0.05) is 23.2 Å². The minimum Gasteiger partial charge on any atom is -0.329 e. The first-order valence-electron chi connectivity index (χ1n) is 5.43. The summed E-state index contributed by atoms with van der Waals surface area (Å²) in [5.41, 5.74) is 6.18. The number of benzene rings is 1. The summed E-state index contributed by atoms with van der Waals surface area (Å²) in [6, 6.07) is 4.36. The number of rotatable bonds is 5. The molecule has 4 heteroatoms. The molecular weight excluding hydrogens is 227 g/mol. The number of hydrogen-bond donors (Lipinski definition) is 2. The second-order valence-electron chi connectivity index (χ2n) is 4.26. The third-order valence-corrected chi connectivity index (χ3v) is 2.58. The van der Waals surface area contributed by atoms with E-state index >= 15 is 0 Å². The Bertz CT molecular complexity index is 342. The molecule has 0 saturated carbocycles. The van der Waals surface area contributed by atoms with Crippen LogP contribution in [0.5, 0.6) is 0 Å². The van der Waals surface area contributed by atoms with E-state index in [0.29, 0.717) is 23.0 Å². The molecule has 0 saturated heterocycles. The first-order valence-corrected chi connectivity index (χ1v) is 5.80. The molecule has 1 rings (SSSR count). The minimum absolute atomic E-state index is 0.180. The van der Waals surface area contributed by atoms with Gasteiger partial charge in [0.2, 0.25) is 0 Å². The maximum Gasteiger partial charge on any atom is 0.128 e. The lowest BCUT2D eigenvalue weighted by molar-refractivity contribution is 0.462. The Balaban J connectivity index is 2.81. The van der Waals surface area contributed by atoms with Gasteiger partial charge in [0.05, 0.1) is 0 Å². The highest BCUT2D eigenvalue weighted by molar-refractivity contribution is 6.30. The Hall–Kier alpha value is -0.640. The normalized spacial score (nSPS) is 13.1. The zero-order valence-electron chi connectivity index (χ0n) is 9.63. The molecule has 0 amide bonds.